The minimum atomic E-state index is 0.161. The van der Waals surface area contributed by atoms with E-state index >= 15 is 0 Å². The van der Waals surface area contributed by atoms with E-state index in [-0.39, 0.29) is 6.04 Å². The highest BCUT2D eigenvalue weighted by Crippen LogP contribution is 2.23. The maximum Gasteiger partial charge on any atom is 0.130 e. The molecule has 1 atom stereocenters. The summed E-state index contributed by atoms with van der Waals surface area (Å²) in [6.07, 6.45) is 1.61. The molecular weight excluding hydrogens is 238 g/mol. The fraction of sp³-hybridized carbons (Fsp3) is 0.500. The number of anilines is 1. The van der Waals surface area contributed by atoms with Crippen LogP contribution in [0.1, 0.15) is 55.4 Å². The van der Waals surface area contributed by atoms with Crippen molar-refractivity contribution in [3.8, 4) is 0 Å². The minimum absolute atomic E-state index is 0.161. The molecule has 0 aliphatic rings. The quantitative estimate of drug-likeness (QED) is 0.885. The van der Waals surface area contributed by atoms with Crippen LogP contribution >= 0.6 is 0 Å². The van der Waals surface area contributed by atoms with E-state index in [9.17, 15) is 0 Å². The summed E-state index contributed by atoms with van der Waals surface area (Å²) in [7, 11) is 0. The van der Waals surface area contributed by atoms with Gasteiger partial charge in [0.2, 0.25) is 0 Å². The zero-order valence-corrected chi connectivity index (χ0v) is 12.2. The zero-order valence-electron chi connectivity index (χ0n) is 12.2. The van der Waals surface area contributed by atoms with Crippen LogP contribution in [0.15, 0.2) is 12.4 Å². The van der Waals surface area contributed by atoms with E-state index in [4.69, 9.17) is 0 Å². The van der Waals surface area contributed by atoms with Crippen LogP contribution in [-0.2, 0) is 0 Å². The topological polar surface area (TPSA) is 66.5 Å². The lowest BCUT2D eigenvalue weighted by molar-refractivity contribution is 0.805. The molecule has 0 aliphatic carbocycles. The van der Waals surface area contributed by atoms with Crippen molar-refractivity contribution in [3.05, 3.63) is 35.0 Å². The van der Waals surface area contributed by atoms with E-state index in [1.165, 1.54) is 5.56 Å². The zero-order chi connectivity index (χ0) is 14.0. The van der Waals surface area contributed by atoms with Gasteiger partial charge in [-0.05, 0) is 26.7 Å². The molecule has 2 rings (SSSR count). The number of nitrogens with one attached hydrogen (secondary N) is 2. The third-order valence-corrected chi connectivity index (χ3v) is 3.26. The van der Waals surface area contributed by atoms with Crippen LogP contribution < -0.4 is 5.32 Å². The third-order valence-electron chi connectivity index (χ3n) is 3.26. The summed E-state index contributed by atoms with van der Waals surface area (Å²) in [5.41, 5.74) is 4.36. The van der Waals surface area contributed by atoms with Crippen LogP contribution in [0.25, 0.3) is 0 Å². The van der Waals surface area contributed by atoms with Gasteiger partial charge in [0.15, 0.2) is 0 Å². The Balaban J connectivity index is 2.19. The number of rotatable bonds is 4. The predicted octanol–water partition coefficient (Wildman–Crippen LogP) is 3.11. The van der Waals surface area contributed by atoms with Gasteiger partial charge in [-0.1, -0.05) is 13.8 Å². The Hall–Kier alpha value is -1.91. The van der Waals surface area contributed by atoms with E-state index in [2.05, 4.69) is 46.3 Å². The fourth-order valence-electron chi connectivity index (χ4n) is 2.26. The summed E-state index contributed by atoms with van der Waals surface area (Å²) in [4.78, 5) is 8.55. The Morgan fingerprint density at radius 3 is 2.47 bits per heavy atom. The average Bonchev–Trinajstić information content (AvgIpc) is 2.69. The van der Waals surface area contributed by atoms with Crippen molar-refractivity contribution in [2.45, 2.75) is 46.6 Å². The van der Waals surface area contributed by atoms with Gasteiger partial charge in [-0.25, -0.2) is 9.97 Å². The molecule has 0 aliphatic heterocycles. The van der Waals surface area contributed by atoms with Gasteiger partial charge in [-0.3, -0.25) is 5.10 Å². The molecule has 102 valence electrons. The van der Waals surface area contributed by atoms with E-state index < -0.39 is 0 Å². The van der Waals surface area contributed by atoms with Gasteiger partial charge < -0.3 is 5.32 Å². The molecule has 0 fully saturated rings. The lowest BCUT2D eigenvalue weighted by Crippen LogP contribution is -2.10. The summed E-state index contributed by atoms with van der Waals surface area (Å²) < 4.78 is 0. The molecular formula is C14H21N5. The van der Waals surface area contributed by atoms with Crippen molar-refractivity contribution in [2.24, 2.45) is 0 Å². The summed E-state index contributed by atoms with van der Waals surface area (Å²) in [5.74, 6) is 1.25. The van der Waals surface area contributed by atoms with Gasteiger partial charge in [-0.15, -0.1) is 0 Å². The Kier molecular flexibility index (Phi) is 3.83. The van der Waals surface area contributed by atoms with E-state index in [1.807, 2.05) is 19.9 Å². The number of nitrogens with zero attached hydrogens (tertiary/aromatic N) is 3. The molecule has 2 aromatic rings. The van der Waals surface area contributed by atoms with Gasteiger partial charge in [0, 0.05) is 23.0 Å². The van der Waals surface area contributed by atoms with Gasteiger partial charge in [-0.2, -0.15) is 5.10 Å². The van der Waals surface area contributed by atoms with Crippen molar-refractivity contribution in [2.75, 3.05) is 5.32 Å². The molecule has 0 bridgehead atoms. The second kappa shape index (κ2) is 5.38. The number of aromatic amines is 1. The Morgan fingerprint density at radius 1 is 1.16 bits per heavy atom. The first-order valence-electron chi connectivity index (χ1n) is 6.59. The van der Waals surface area contributed by atoms with Crippen LogP contribution in [-0.4, -0.2) is 20.2 Å². The summed E-state index contributed by atoms with van der Waals surface area (Å²) in [5, 5.41) is 10.6. The predicted molar refractivity (Wildman–Crippen MR) is 76.2 cm³/mol. The summed E-state index contributed by atoms with van der Waals surface area (Å²) in [6.45, 7) is 10.4. The van der Waals surface area contributed by atoms with Crippen molar-refractivity contribution in [3.63, 3.8) is 0 Å². The molecule has 2 heterocycles. The molecule has 0 aromatic carbocycles. The Labute approximate surface area is 113 Å². The molecule has 2 N–H and O–H groups in total. The first kappa shape index (κ1) is 13.5. The maximum atomic E-state index is 4.28. The average molecular weight is 259 g/mol. The molecule has 19 heavy (non-hydrogen) atoms. The van der Waals surface area contributed by atoms with Crippen LogP contribution in [0, 0.1) is 13.8 Å². The molecule has 2 aromatic heterocycles. The number of hydrogen-bond acceptors (Lipinski definition) is 4. The molecule has 1 unspecified atom stereocenters. The molecule has 0 amide bonds. The highest BCUT2D eigenvalue weighted by Gasteiger charge is 2.15. The smallest absolute Gasteiger partial charge is 0.130 e. The lowest BCUT2D eigenvalue weighted by atomic mass is 10.1. The number of H-pyrrole nitrogens is 1. The first-order chi connectivity index (χ1) is 8.99. The monoisotopic (exact) mass is 259 g/mol. The number of aromatic nitrogens is 4. The summed E-state index contributed by atoms with van der Waals surface area (Å²) >= 11 is 0. The van der Waals surface area contributed by atoms with Gasteiger partial charge in [0.05, 0.1) is 11.7 Å². The highest BCUT2D eigenvalue weighted by molar-refractivity contribution is 5.41. The largest absolute Gasteiger partial charge is 0.363 e. The van der Waals surface area contributed by atoms with Gasteiger partial charge >= 0.3 is 0 Å². The second-order valence-corrected chi connectivity index (χ2v) is 5.20. The lowest BCUT2D eigenvalue weighted by Gasteiger charge is -2.16. The first-order valence-corrected chi connectivity index (χ1v) is 6.59. The minimum Gasteiger partial charge on any atom is -0.363 e. The van der Waals surface area contributed by atoms with Crippen molar-refractivity contribution >= 4 is 5.82 Å². The normalized spacial score (nSPS) is 12.7. The molecule has 5 nitrogen and oxygen atoms in total. The number of aryl methyl sites for hydroxylation is 2. The van der Waals surface area contributed by atoms with Crippen molar-refractivity contribution < 1.29 is 0 Å². The Bertz CT molecular complexity index is 539. The van der Waals surface area contributed by atoms with E-state index in [0.29, 0.717) is 5.92 Å². The van der Waals surface area contributed by atoms with E-state index in [1.54, 1.807) is 6.33 Å². The van der Waals surface area contributed by atoms with Crippen LogP contribution in [0.4, 0.5) is 5.82 Å². The second-order valence-electron chi connectivity index (χ2n) is 5.20. The Morgan fingerprint density at radius 2 is 1.89 bits per heavy atom. The van der Waals surface area contributed by atoms with Crippen LogP contribution in [0.5, 0.6) is 0 Å². The van der Waals surface area contributed by atoms with E-state index in [0.717, 1.165) is 22.9 Å². The third kappa shape index (κ3) is 2.92. The molecule has 5 heteroatoms. The van der Waals surface area contributed by atoms with Crippen LogP contribution in [0.2, 0.25) is 0 Å². The molecule has 0 saturated carbocycles. The molecule has 0 spiro atoms. The standard InChI is InChI=1S/C14H21N5/c1-8(2)12-6-13(16-7-15-12)17-9(3)14-10(4)18-19-11(14)5/h6-9H,1-5H3,(H,18,19)(H,15,16,17). The van der Waals surface area contributed by atoms with Crippen molar-refractivity contribution in [1.29, 1.82) is 0 Å². The summed E-state index contributed by atoms with van der Waals surface area (Å²) in [6, 6.07) is 2.17. The van der Waals surface area contributed by atoms with Gasteiger partial charge in [0.1, 0.15) is 12.1 Å². The van der Waals surface area contributed by atoms with Crippen molar-refractivity contribution in [1.82, 2.24) is 20.2 Å². The molecule has 0 radical (unpaired) electrons. The number of hydrogen-bond donors (Lipinski definition) is 2. The maximum absolute atomic E-state index is 4.28. The van der Waals surface area contributed by atoms with Gasteiger partial charge in [0.25, 0.3) is 0 Å². The molecule has 0 saturated heterocycles. The van der Waals surface area contributed by atoms with Crippen LogP contribution in [0.3, 0.4) is 0 Å². The fourth-order valence-corrected chi connectivity index (χ4v) is 2.26. The highest BCUT2D eigenvalue weighted by atomic mass is 15.1. The SMILES string of the molecule is Cc1n[nH]c(C)c1C(C)Nc1cc(C(C)C)ncn1.